The Hall–Kier alpha value is -2.22. The van der Waals surface area contributed by atoms with Crippen LogP contribution in [0.2, 0.25) is 0 Å². The van der Waals surface area contributed by atoms with Gasteiger partial charge in [-0.05, 0) is 56.1 Å². The minimum atomic E-state index is 0.0422. The van der Waals surface area contributed by atoms with E-state index in [2.05, 4.69) is 50.7 Å². The van der Waals surface area contributed by atoms with E-state index in [9.17, 15) is 4.79 Å². The summed E-state index contributed by atoms with van der Waals surface area (Å²) in [7, 11) is 2.16. The van der Waals surface area contributed by atoms with E-state index >= 15 is 0 Å². The molecular weight excluding hydrogens is 400 g/mol. The predicted octanol–water partition coefficient (Wildman–Crippen LogP) is 4.50. The van der Waals surface area contributed by atoms with Gasteiger partial charge in [0.25, 0.3) is 0 Å². The summed E-state index contributed by atoms with van der Waals surface area (Å²) < 4.78 is 0. The number of benzene rings is 1. The molecule has 0 bridgehead atoms. The van der Waals surface area contributed by atoms with Crippen molar-refractivity contribution in [1.29, 1.82) is 0 Å². The highest BCUT2D eigenvalue weighted by atomic mass is 32.1. The number of thiazole rings is 1. The Morgan fingerprint density at radius 1 is 1.14 bits per heavy atom. The van der Waals surface area contributed by atoms with Gasteiger partial charge in [0.05, 0.1) is 15.6 Å². The number of carbonyl (C=O) groups is 1. The third-order valence-electron chi connectivity index (χ3n) is 5.16. The van der Waals surface area contributed by atoms with Crippen molar-refractivity contribution in [3.05, 3.63) is 51.7 Å². The lowest BCUT2D eigenvalue weighted by Gasteiger charge is -2.34. The Morgan fingerprint density at radius 3 is 2.59 bits per heavy atom. The molecule has 2 aromatic heterocycles. The highest BCUT2D eigenvalue weighted by Crippen LogP contribution is 2.32. The number of hydrogen-bond acceptors (Lipinski definition) is 6. The molecule has 1 fully saturated rings. The molecule has 29 heavy (non-hydrogen) atoms. The Kier molecular flexibility index (Phi) is 6.28. The van der Waals surface area contributed by atoms with E-state index in [1.54, 1.807) is 22.7 Å². The van der Waals surface area contributed by atoms with E-state index in [-0.39, 0.29) is 5.91 Å². The lowest BCUT2D eigenvalue weighted by atomic mass is 10.2. The highest BCUT2D eigenvalue weighted by Gasteiger charge is 2.15. The Bertz CT molecular complexity index is 942. The second-order valence-corrected chi connectivity index (χ2v) is 9.60. The fourth-order valence-electron chi connectivity index (χ4n) is 3.52. The zero-order valence-corrected chi connectivity index (χ0v) is 18.5. The topological polar surface area (TPSA) is 48.5 Å². The Labute approximate surface area is 180 Å². The third-order valence-corrected chi connectivity index (χ3v) is 7.06. The van der Waals surface area contributed by atoms with Crippen molar-refractivity contribution in [2.24, 2.45) is 0 Å². The van der Waals surface area contributed by atoms with Crippen LogP contribution in [0.1, 0.15) is 16.3 Å². The van der Waals surface area contributed by atoms with Crippen LogP contribution in [0.25, 0.3) is 10.6 Å². The summed E-state index contributed by atoms with van der Waals surface area (Å²) in [6.45, 7) is 6.28. The SMILES string of the molecule is Cc1nc(-c2cccs2)c(CCC(=O)Nc2ccc(N3CCN(C)CC3)cc2)s1. The first kappa shape index (κ1) is 20.1. The monoisotopic (exact) mass is 426 g/mol. The molecule has 0 radical (unpaired) electrons. The molecule has 152 valence electrons. The van der Waals surface area contributed by atoms with Crippen molar-refractivity contribution < 1.29 is 4.79 Å². The van der Waals surface area contributed by atoms with E-state index < -0.39 is 0 Å². The number of amides is 1. The molecule has 4 rings (SSSR count). The number of aromatic nitrogens is 1. The summed E-state index contributed by atoms with van der Waals surface area (Å²) >= 11 is 3.38. The van der Waals surface area contributed by atoms with Gasteiger partial charge in [0.15, 0.2) is 0 Å². The molecule has 1 N–H and O–H groups in total. The highest BCUT2D eigenvalue weighted by molar-refractivity contribution is 7.15. The first-order chi connectivity index (χ1) is 14.1. The molecule has 1 aliphatic heterocycles. The average molecular weight is 427 g/mol. The zero-order chi connectivity index (χ0) is 20.2. The maximum atomic E-state index is 12.5. The average Bonchev–Trinajstić information content (AvgIpc) is 3.37. The molecule has 0 atom stereocenters. The molecule has 1 aromatic carbocycles. The van der Waals surface area contributed by atoms with E-state index in [0.717, 1.165) is 42.6 Å². The second-order valence-electron chi connectivity index (χ2n) is 7.37. The van der Waals surface area contributed by atoms with Crippen molar-refractivity contribution in [2.75, 3.05) is 43.4 Å². The summed E-state index contributed by atoms with van der Waals surface area (Å²) in [4.78, 5) is 24.2. The summed E-state index contributed by atoms with van der Waals surface area (Å²) in [5, 5.41) is 6.14. The number of likely N-dealkylation sites (N-methyl/N-ethyl adjacent to an activating group) is 1. The molecule has 5 nitrogen and oxygen atoms in total. The van der Waals surface area contributed by atoms with Crippen LogP contribution in [0, 0.1) is 6.92 Å². The molecule has 1 aliphatic rings. The van der Waals surface area contributed by atoms with E-state index in [0.29, 0.717) is 12.8 Å². The van der Waals surface area contributed by atoms with Gasteiger partial charge in [-0.15, -0.1) is 22.7 Å². The third kappa shape index (κ3) is 5.04. The van der Waals surface area contributed by atoms with Gasteiger partial charge < -0.3 is 15.1 Å². The van der Waals surface area contributed by atoms with Crippen molar-refractivity contribution in [2.45, 2.75) is 19.8 Å². The van der Waals surface area contributed by atoms with Crippen molar-refractivity contribution >= 4 is 40.0 Å². The van der Waals surface area contributed by atoms with Gasteiger partial charge in [-0.1, -0.05) is 6.07 Å². The van der Waals surface area contributed by atoms with Crippen molar-refractivity contribution in [1.82, 2.24) is 9.88 Å². The van der Waals surface area contributed by atoms with Crippen LogP contribution in [0.5, 0.6) is 0 Å². The molecule has 0 saturated carbocycles. The van der Waals surface area contributed by atoms with Crippen LogP contribution in [0.4, 0.5) is 11.4 Å². The van der Waals surface area contributed by atoms with Gasteiger partial charge >= 0.3 is 0 Å². The summed E-state index contributed by atoms with van der Waals surface area (Å²) in [5.74, 6) is 0.0422. The van der Waals surface area contributed by atoms with Crippen LogP contribution >= 0.6 is 22.7 Å². The molecule has 0 unspecified atom stereocenters. The molecule has 3 aromatic rings. The maximum Gasteiger partial charge on any atom is 0.224 e. The van der Waals surface area contributed by atoms with Gasteiger partial charge in [-0.25, -0.2) is 4.98 Å². The van der Waals surface area contributed by atoms with Crippen molar-refractivity contribution in [3.8, 4) is 10.6 Å². The van der Waals surface area contributed by atoms with Gasteiger partial charge in [-0.2, -0.15) is 0 Å². The molecule has 1 amide bonds. The molecular formula is C22H26N4OS2. The van der Waals surface area contributed by atoms with Crippen molar-refractivity contribution in [3.63, 3.8) is 0 Å². The quantitative estimate of drug-likeness (QED) is 0.630. The van der Waals surface area contributed by atoms with E-state index in [1.165, 1.54) is 15.4 Å². The minimum absolute atomic E-state index is 0.0422. The van der Waals surface area contributed by atoms with Gasteiger partial charge in [0, 0.05) is 48.9 Å². The van der Waals surface area contributed by atoms with E-state index in [1.807, 2.05) is 25.1 Å². The fraction of sp³-hybridized carbons (Fsp3) is 0.364. The number of hydrogen-bond donors (Lipinski definition) is 1. The number of thiophene rings is 1. The molecule has 1 saturated heterocycles. The lowest BCUT2D eigenvalue weighted by molar-refractivity contribution is -0.116. The number of rotatable bonds is 6. The van der Waals surface area contributed by atoms with Gasteiger partial charge in [0.2, 0.25) is 5.91 Å². The number of carbonyl (C=O) groups excluding carboxylic acids is 1. The number of piperazine rings is 1. The number of nitrogens with one attached hydrogen (secondary N) is 1. The zero-order valence-electron chi connectivity index (χ0n) is 16.9. The van der Waals surface area contributed by atoms with Crippen LogP contribution in [-0.4, -0.2) is 49.0 Å². The number of aryl methyl sites for hydroxylation is 2. The second kappa shape index (κ2) is 9.07. The van der Waals surface area contributed by atoms with Gasteiger partial charge in [-0.3, -0.25) is 4.79 Å². The first-order valence-corrected chi connectivity index (χ1v) is 11.6. The number of nitrogens with zero attached hydrogens (tertiary/aromatic N) is 3. The summed E-state index contributed by atoms with van der Waals surface area (Å²) in [6, 6.07) is 12.3. The molecule has 7 heteroatoms. The smallest absolute Gasteiger partial charge is 0.224 e. The molecule has 3 heterocycles. The lowest BCUT2D eigenvalue weighted by Crippen LogP contribution is -2.44. The standard InChI is InChI=1S/C22H26N4OS2/c1-16-23-22(19-4-3-15-28-19)20(29-16)9-10-21(27)24-17-5-7-18(8-6-17)26-13-11-25(2)12-14-26/h3-8,15H,9-14H2,1-2H3,(H,24,27). The molecule has 0 spiro atoms. The minimum Gasteiger partial charge on any atom is -0.369 e. The predicted molar refractivity (Wildman–Crippen MR) is 123 cm³/mol. The van der Waals surface area contributed by atoms with Crippen LogP contribution < -0.4 is 10.2 Å². The maximum absolute atomic E-state index is 12.5. The van der Waals surface area contributed by atoms with Crippen LogP contribution in [0.3, 0.4) is 0 Å². The molecule has 0 aliphatic carbocycles. The summed E-state index contributed by atoms with van der Waals surface area (Å²) in [5.41, 5.74) is 3.11. The number of anilines is 2. The van der Waals surface area contributed by atoms with Crippen LogP contribution in [-0.2, 0) is 11.2 Å². The Morgan fingerprint density at radius 2 is 1.90 bits per heavy atom. The fourth-order valence-corrected chi connectivity index (χ4v) is 5.27. The first-order valence-electron chi connectivity index (χ1n) is 9.92. The van der Waals surface area contributed by atoms with Crippen LogP contribution in [0.15, 0.2) is 41.8 Å². The normalized spacial score (nSPS) is 14.9. The largest absolute Gasteiger partial charge is 0.369 e. The summed E-state index contributed by atoms with van der Waals surface area (Å²) in [6.07, 6.45) is 1.17. The van der Waals surface area contributed by atoms with Gasteiger partial charge in [0.1, 0.15) is 0 Å². The Balaban J connectivity index is 1.32. The van der Waals surface area contributed by atoms with E-state index in [4.69, 9.17) is 0 Å².